The predicted molar refractivity (Wildman–Crippen MR) is 76.6 cm³/mol. The van der Waals surface area contributed by atoms with Gasteiger partial charge in [0, 0.05) is 6.42 Å². The maximum atomic E-state index is 11.6. The molecule has 1 atom stereocenters. The van der Waals surface area contributed by atoms with E-state index in [1.54, 1.807) is 6.92 Å². The number of amidine groups is 1. The van der Waals surface area contributed by atoms with Gasteiger partial charge in [0.1, 0.15) is 0 Å². The smallest absolute Gasteiger partial charge is 0.375 e. The molecule has 6 heteroatoms. The zero-order chi connectivity index (χ0) is 15.0. The van der Waals surface area contributed by atoms with Crippen LogP contribution in [-0.4, -0.2) is 24.3 Å². The van der Waals surface area contributed by atoms with Crippen molar-refractivity contribution < 1.29 is 14.3 Å². The summed E-state index contributed by atoms with van der Waals surface area (Å²) in [4.78, 5) is 22.7. The third-order valence-electron chi connectivity index (χ3n) is 2.82. The van der Waals surface area contributed by atoms with Crippen molar-refractivity contribution in [1.82, 2.24) is 5.43 Å². The number of ether oxygens (including phenoxy) is 1. The zero-order valence-electron chi connectivity index (χ0n) is 11.9. The molecule has 0 saturated heterocycles. The Kier molecular flexibility index (Phi) is 6.49. The average Bonchev–Trinajstić information content (AvgIpc) is 2.44. The molecular weight excluding hydrogens is 258 g/mol. The lowest BCUT2D eigenvalue weighted by atomic mass is 9.96. The minimum absolute atomic E-state index is 0.210. The third-order valence-corrected chi connectivity index (χ3v) is 2.82. The van der Waals surface area contributed by atoms with Crippen LogP contribution in [0.3, 0.4) is 0 Å². The van der Waals surface area contributed by atoms with Gasteiger partial charge < -0.3 is 10.5 Å². The van der Waals surface area contributed by atoms with Crippen LogP contribution in [0.5, 0.6) is 0 Å². The van der Waals surface area contributed by atoms with Crippen LogP contribution in [-0.2, 0) is 14.3 Å². The molecule has 1 aliphatic carbocycles. The maximum absolute atomic E-state index is 11.6. The van der Waals surface area contributed by atoms with E-state index < -0.39 is 5.97 Å². The Morgan fingerprint density at radius 1 is 1.55 bits per heavy atom. The van der Waals surface area contributed by atoms with Crippen LogP contribution in [0.4, 0.5) is 0 Å². The minimum atomic E-state index is -0.736. The fourth-order valence-corrected chi connectivity index (χ4v) is 1.64. The molecule has 0 spiro atoms. The van der Waals surface area contributed by atoms with Crippen LogP contribution in [0.2, 0.25) is 0 Å². The van der Waals surface area contributed by atoms with E-state index in [0.717, 1.165) is 12.0 Å². The van der Waals surface area contributed by atoms with Gasteiger partial charge in [-0.3, -0.25) is 4.79 Å². The number of rotatable bonds is 5. The largest absolute Gasteiger partial charge is 0.460 e. The van der Waals surface area contributed by atoms with Crippen LogP contribution in [0.1, 0.15) is 33.1 Å². The molecule has 0 fully saturated rings. The number of nitrogens with zero attached hydrogens (tertiary/aromatic N) is 1. The fourth-order valence-electron chi connectivity index (χ4n) is 1.64. The molecule has 110 valence electrons. The molecule has 0 radical (unpaired) electrons. The van der Waals surface area contributed by atoms with Crippen molar-refractivity contribution in [2.24, 2.45) is 16.8 Å². The standard InChI is InChI=1S/C14H21N3O3/c1-3-20-14(19)13(15)17-16-12(18)9-8-11-6-4-10(2)5-7-11/h4,6-7,10H,3,5,8-9H2,1-2H3,(H2,15,17)(H,16,18)/t10-/m1/s1. The highest BCUT2D eigenvalue weighted by molar-refractivity contribution is 6.34. The number of hydrogen-bond acceptors (Lipinski definition) is 4. The highest BCUT2D eigenvalue weighted by atomic mass is 16.5. The quantitative estimate of drug-likeness (QED) is 0.342. The van der Waals surface area contributed by atoms with Crippen LogP contribution in [0, 0.1) is 5.92 Å². The summed E-state index contributed by atoms with van der Waals surface area (Å²) in [5, 5.41) is 3.50. The van der Waals surface area contributed by atoms with Gasteiger partial charge in [0.15, 0.2) is 0 Å². The number of amides is 1. The summed E-state index contributed by atoms with van der Waals surface area (Å²) in [7, 11) is 0. The first-order valence-corrected chi connectivity index (χ1v) is 6.69. The number of allylic oxidation sites excluding steroid dienone is 4. The lowest BCUT2D eigenvalue weighted by molar-refractivity contribution is -0.135. The van der Waals surface area contributed by atoms with E-state index in [0.29, 0.717) is 18.8 Å². The van der Waals surface area contributed by atoms with E-state index >= 15 is 0 Å². The number of hydrogen-bond donors (Lipinski definition) is 2. The van der Waals surface area contributed by atoms with Crippen molar-refractivity contribution in [2.45, 2.75) is 33.1 Å². The Balaban J connectivity index is 2.32. The van der Waals surface area contributed by atoms with E-state index in [4.69, 9.17) is 5.73 Å². The predicted octanol–water partition coefficient (Wildman–Crippen LogP) is 1.24. The molecule has 0 aromatic heterocycles. The monoisotopic (exact) mass is 279 g/mol. The molecular formula is C14H21N3O3. The minimum Gasteiger partial charge on any atom is -0.460 e. The van der Waals surface area contributed by atoms with Crippen molar-refractivity contribution >= 4 is 17.7 Å². The van der Waals surface area contributed by atoms with E-state index in [-0.39, 0.29) is 18.3 Å². The highest BCUT2D eigenvalue weighted by Gasteiger charge is 2.09. The second-order valence-electron chi connectivity index (χ2n) is 4.60. The molecule has 1 amide bonds. The number of carbonyl (C=O) groups is 2. The number of carbonyl (C=O) groups excluding carboxylic acids is 2. The molecule has 1 rings (SSSR count). The van der Waals surface area contributed by atoms with Crippen molar-refractivity contribution in [3.63, 3.8) is 0 Å². The van der Waals surface area contributed by atoms with Gasteiger partial charge >= 0.3 is 5.97 Å². The molecule has 6 nitrogen and oxygen atoms in total. The van der Waals surface area contributed by atoms with E-state index in [2.05, 4.69) is 34.3 Å². The number of esters is 1. The summed E-state index contributed by atoms with van der Waals surface area (Å²) in [6.07, 6.45) is 8.24. The van der Waals surface area contributed by atoms with E-state index in [1.807, 2.05) is 6.08 Å². The molecule has 0 aromatic rings. The number of nitrogens with one attached hydrogen (secondary N) is 1. The summed E-state index contributed by atoms with van der Waals surface area (Å²) < 4.78 is 4.64. The summed E-state index contributed by atoms with van der Waals surface area (Å²) in [6, 6.07) is 0. The zero-order valence-corrected chi connectivity index (χ0v) is 11.9. The van der Waals surface area contributed by atoms with Gasteiger partial charge in [-0.05, 0) is 25.7 Å². The van der Waals surface area contributed by atoms with Gasteiger partial charge in [-0.15, -0.1) is 5.10 Å². The fraction of sp³-hybridized carbons (Fsp3) is 0.500. The van der Waals surface area contributed by atoms with Crippen LogP contribution >= 0.6 is 0 Å². The lowest BCUT2D eigenvalue weighted by Crippen LogP contribution is -2.30. The molecule has 1 aliphatic rings. The molecule has 20 heavy (non-hydrogen) atoms. The normalized spacial score (nSPS) is 18.4. The highest BCUT2D eigenvalue weighted by Crippen LogP contribution is 2.18. The summed E-state index contributed by atoms with van der Waals surface area (Å²) >= 11 is 0. The lowest BCUT2D eigenvalue weighted by Gasteiger charge is -2.11. The number of hydrazone groups is 1. The van der Waals surface area contributed by atoms with Gasteiger partial charge in [0.25, 0.3) is 0 Å². The summed E-state index contributed by atoms with van der Waals surface area (Å²) in [6.45, 7) is 4.02. The van der Waals surface area contributed by atoms with Gasteiger partial charge in [-0.2, -0.15) is 0 Å². The second-order valence-corrected chi connectivity index (χ2v) is 4.60. The molecule has 0 heterocycles. The van der Waals surface area contributed by atoms with Crippen molar-refractivity contribution in [3.05, 3.63) is 23.8 Å². The second kappa shape index (κ2) is 8.14. The Labute approximate surface area is 118 Å². The molecule has 3 N–H and O–H groups in total. The first-order chi connectivity index (χ1) is 9.52. The Morgan fingerprint density at radius 2 is 2.30 bits per heavy atom. The van der Waals surface area contributed by atoms with Crippen molar-refractivity contribution in [1.29, 1.82) is 0 Å². The Bertz CT molecular complexity index is 453. The molecule has 0 saturated carbocycles. The first-order valence-electron chi connectivity index (χ1n) is 6.69. The maximum Gasteiger partial charge on any atom is 0.375 e. The average molecular weight is 279 g/mol. The molecule has 0 aliphatic heterocycles. The van der Waals surface area contributed by atoms with Gasteiger partial charge in [0.05, 0.1) is 6.61 Å². The first kappa shape index (κ1) is 15.9. The summed E-state index contributed by atoms with van der Waals surface area (Å²) in [5.74, 6) is -0.822. The molecule has 0 bridgehead atoms. The SMILES string of the molecule is CCOC(=O)/C(N)=N/NC(=O)CCC1=CC[C@H](C)C=C1. The summed E-state index contributed by atoms with van der Waals surface area (Å²) in [5.41, 5.74) is 8.73. The van der Waals surface area contributed by atoms with Crippen LogP contribution in [0.25, 0.3) is 0 Å². The molecule has 0 unspecified atom stereocenters. The van der Waals surface area contributed by atoms with Crippen molar-refractivity contribution in [3.8, 4) is 0 Å². The van der Waals surface area contributed by atoms with E-state index in [9.17, 15) is 9.59 Å². The molecule has 0 aromatic carbocycles. The Hall–Kier alpha value is -2.11. The van der Waals surface area contributed by atoms with Gasteiger partial charge in [-0.1, -0.05) is 30.7 Å². The Morgan fingerprint density at radius 3 is 2.90 bits per heavy atom. The van der Waals surface area contributed by atoms with Gasteiger partial charge in [-0.25, -0.2) is 10.2 Å². The third kappa shape index (κ3) is 5.69. The van der Waals surface area contributed by atoms with Crippen molar-refractivity contribution in [2.75, 3.05) is 6.61 Å². The van der Waals surface area contributed by atoms with Gasteiger partial charge in [0.2, 0.25) is 11.7 Å². The topological polar surface area (TPSA) is 93.8 Å². The van der Waals surface area contributed by atoms with Crippen LogP contribution < -0.4 is 11.2 Å². The van der Waals surface area contributed by atoms with E-state index in [1.165, 1.54) is 0 Å². The number of nitrogens with two attached hydrogens (primary N) is 1. The van der Waals surface area contributed by atoms with Crippen LogP contribution in [0.15, 0.2) is 28.9 Å².